The van der Waals surface area contributed by atoms with Crippen LogP contribution >= 0.6 is 0 Å². The SMILES string of the molecule is CCCCCCc1cc(CCCCCC)cc(C2=C(CCCC)C(CCCC)=C(c3cc(CC)cc(CC)c3)[N+]2=[N-])c1.c1ccc(C[CH2][Pd][CH2]Cc2ccccc2)cc1. The number of rotatable bonds is 26. The molecule has 5 rings (SSSR count). The van der Waals surface area contributed by atoms with E-state index in [9.17, 15) is 5.53 Å². The number of hydrogen-bond acceptors (Lipinski definition) is 0. The Kier molecular flexibility index (Phi) is 23.1. The fourth-order valence-corrected chi connectivity index (χ4v) is 10.00. The predicted octanol–water partition coefficient (Wildman–Crippen LogP) is 17.0. The van der Waals surface area contributed by atoms with E-state index in [4.69, 9.17) is 0 Å². The van der Waals surface area contributed by atoms with Crippen LogP contribution in [-0.4, -0.2) is 4.70 Å². The van der Waals surface area contributed by atoms with Gasteiger partial charge in [-0.2, -0.15) is 0 Å². The van der Waals surface area contributed by atoms with Gasteiger partial charge in [0.1, 0.15) is 0 Å². The van der Waals surface area contributed by atoms with E-state index in [0.29, 0.717) is 0 Å². The van der Waals surface area contributed by atoms with Crippen LogP contribution in [0.4, 0.5) is 0 Å². The van der Waals surface area contributed by atoms with Gasteiger partial charge in [-0.25, -0.2) is 4.70 Å². The Morgan fingerprint density at radius 3 is 1.17 bits per heavy atom. The predicted molar refractivity (Wildman–Crippen MR) is 254 cm³/mol. The molecule has 4 aromatic rings. The zero-order valence-corrected chi connectivity index (χ0v) is 39.6. The van der Waals surface area contributed by atoms with Crippen LogP contribution in [-0.2, 0) is 56.5 Å². The Hall–Kier alpha value is -3.38. The molecule has 0 amide bonds. The van der Waals surface area contributed by atoms with Gasteiger partial charge in [-0.15, -0.1) is 0 Å². The van der Waals surface area contributed by atoms with Crippen LogP contribution in [0.1, 0.15) is 176 Å². The van der Waals surface area contributed by atoms with E-state index in [0.717, 1.165) is 93.6 Å². The van der Waals surface area contributed by atoms with Gasteiger partial charge in [-0.1, -0.05) is 105 Å². The number of aryl methyl sites for hydroxylation is 6. The van der Waals surface area contributed by atoms with E-state index >= 15 is 0 Å². The zero-order valence-electron chi connectivity index (χ0n) is 38.0. The van der Waals surface area contributed by atoms with Crippen molar-refractivity contribution in [2.45, 2.75) is 180 Å². The summed E-state index contributed by atoms with van der Waals surface area (Å²) in [6.07, 6.45) is 23.6. The molecular formula is C56H78N2Pd. The van der Waals surface area contributed by atoms with Gasteiger partial charge in [0.25, 0.3) is 0 Å². The minimum atomic E-state index is 0.891. The van der Waals surface area contributed by atoms with Crippen molar-refractivity contribution in [2.75, 3.05) is 0 Å². The molecule has 4 aromatic carbocycles. The van der Waals surface area contributed by atoms with Crippen molar-refractivity contribution < 1.29 is 22.7 Å². The molecule has 3 heteroatoms. The molecule has 0 aromatic heterocycles. The van der Waals surface area contributed by atoms with Gasteiger partial charge in [0.15, 0.2) is 0 Å². The summed E-state index contributed by atoms with van der Waals surface area (Å²) in [6.45, 7) is 13.6. The van der Waals surface area contributed by atoms with Crippen LogP contribution in [0.3, 0.4) is 0 Å². The zero-order chi connectivity index (χ0) is 42.1. The van der Waals surface area contributed by atoms with Crippen LogP contribution in [0.25, 0.3) is 16.9 Å². The van der Waals surface area contributed by atoms with Gasteiger partial charge < -0.3 is 5.53 Å². The Bertz CT molecular complexity index is 1770. The van der Waals surface area contributed by atoms with E-state index in [-0.39, 0.29) is 0 Å². The minimum absolute atomic E-state index is 0.891. The second-order valence-corrected chi connectivity index (χ2v) is 18.9. The van der Waals surface area contributed by atoms with E-state index in [1.54, 1.807) is 4.70 Å². The molecule has 0 saturated heterocycles. The number of benzene rings is 4. The Labute approximate surface area is 370 Å². The van der Waals surface area contributed by atoms with Crippen molar-refractivity contribution in [2.24, 2.45) is 0 Å². The molecule has 0 N–H and O–H groups in total. The third kappa shape index (κ3) is 16.2. The molecule has 0 unspecified atom stereocenters. The van der Waals surface area contributed by atoms with E-state index in [1.165, 1.54) is 130 Å². The van der Waals surface area contributed by atoms with Crippen molar-refractivity contribution in [1.82, 2.24) is 0 Å². The second-order valence-electron chi connectivity index (χ2n) is 16.5. The van der Waals surface area contributed by atoms with Gasteiger partial charge in [0, 0.05) is 22.3 Å². The van der Waals surface area contributed by atoms with Gasteiger partial charge in [0.05, 0.1) is 0 Å². The van der Waals surface area contributed by atoms with Crippen LogP contribution in [0.5, 0.6) is 0 Å². The summed E-state index contributed by atoms with van der Waals surface area (Å²) in [4.78, 5) is 2.70. The quantitative estimate of drug-likeness (QED) is 0.0341. The van der Waals surface area contributed by atoms with Crippen LogP contribution in [0, 0.1) is 0 Å². The molecule has 0 saturated carbocycles. The van der Waals surface area contributed by atoms with E-state index in [1.807, 2.05) is 0 Å². The van der Waals surface area contributed by atoms with Crippen LogP contribution in [0.15, 0.2) is 108 Å². The number of nitrogens with zero attached hydrogens (tertiary/aromatic N) is 2. The molecule has 1 heterocycles. The fourth-order valence-electron chi connectivity index (χ4n) is 8.16. The molecular weight excluding hydrogens is 807 g/mol. The van der Waals surface area contributed by atoms with Gasteiger partial charge >= 0.3 is 112 Å². The number of unbranched alkanes of at least 4 members (excludes halogenated alkanes) is 8. The first-order chi connectivity index (χ1) is 29.0. The molecule has 1 aliphatic rings. The maximum absolute atomic E-state index is 12.2. The molecule has 0 aliphatic carbocycles. The molecule has 0 radical (unpaired) electrons. The standard InChI is InChI=1S/C40H60N2.2C8H9.Pd/c1-7-13-17-19-21-33-26-34(22-20-18-14-8-2)30-36(29-33)40-38(24-16-10-4)37(23-15-9-3)39(42(40)41)35-27-31(11-5)25-32(12-6)28-35;2*1-2-8-6-4-3-5-7-8;/h25-30H,7-24H2,1-6H3;2*3-7H,1-2H2;. The van der Waals surface area contributed by atoms with Gasteiger partial charge in [-0.05, 0) is 111 Å². The van der Waals surface area contributed by atoms with Crippen molar-refractivity contribution in [3.8, 4) is 0 Å². The summed E-state index contributed by atoms with van der Waals surface area (Å²) >= 11 is 0.891. The molecule has 0 fully saturated rings. The first-order valence-electron chi connectivity index (χ1n) is 23.7. The maximum atomic E-state index is 12.2. The Morgan fingerprint density at radius 2 is 0.780 bits per heavy atom. The fraction of sp³-hybridized carbons (Fsp3) is 0.500. The third-order valence-electron chi connectivity index (χ3n) is 11.7. The average molecular weight is 886 g/mol. The molecule has 0 spiro atoms. The average Bonchev–Trinajstić information content (AvgIpc) is 3.55. The van der Waals surface area contributed by atoms with E-state index < -0.39 is 0 Å². The first kappa shape index (κ1) is 48.3. The molecule has 0 atom stereocenters. The molecule has 0 bridgehead atoms. The third-order valence-corrected chi connectivity index (χ3v) is 13.5. The van der Waals surface area contributed by atoms with Crippen molar-refractivity contribution in [3.05, 3.63) is 158 Å². The summed E-state index contributed by atoms with van der Waals surface area (Å²) in [5, 5.41) is 0. The van der Waals surface area contributed by atoms with Gasteiger partial charge in [0.2, 0.25) is 11.4 Å². The topological polar surface area (TPSA) is 25.3 Å². The Morgan fingerprint density at radius 1 is 0.390 bits per heavy atom. The second kappa shape index (κ2) is 28.2. The molecule has 322 valence electrons. The van der Waals surface area contributed by atoms with Crippen molar-refractivity contribution >= 4 is 11.4 Å². The molecule has 59 heavy (non-hydrogen) atoms. The Balaban J connectivity index is 0.000000374. The summed E-state index contributed by atoms with van der Waals surface area (Å²) < 4.78 is 1.61. The molecule has 1 aliphatic heterocycles. The molecule has 2 nitrogen and oxygen atoms in total. The normalized spacial score (nSPS) is 12.7. The summed E-state index contributed by atoms with van der Waals surface area (Å²) in [5.74, 6) is 0. The summed E-state index contributed by atoms with van der Waals surface area (Å²) in [5.41, 5.74) is 28.0. The number of hydrogen-bond donors (Lipinski definition) is 0. The first-order valence-corrected chi connectivity index (χ1v) is 25.9. The number of allylic oxidation sites excluding steroid dienone is 2. The van der Waals surface area contributed by atoms with E-state index in [2.05, 4.69) is 139 Å². The van der Waals surface area contributed by atoms with Crippen molar-refractivity contribution in [1.29, 1.82) is 0 Å². The summed E-state index contributed by atoms with van der Waals surface area (Å²) in [6, 6.07) is 35.9. The van der Waals surface area contributed by atoms with Gasteiger partial charge in [-0.3, -0.25) is 0 Å². The van der Waals surface area contributed by atoms with Crippen LogP contribution < -0.4 is 0 Å². The monoisotopic (exact) mass is 885 g/mol. The van der Waals surface area contributed by atoms with Crippen molar-refractivity contribution in [3.63, 3.8) is 0 Å². The van der Waals surface area contributed by atoms with Crippen LogP contribution in [0.2, 0.25) is 9.79 Å². The summed E-state index contributed by atoms with van der Waals surface area (Å²) in [7, 11) is 0.